The Morgan fingerprint density at radius 3 is 2.45 bits per heavy atom. The molecule has 268 valence electrons. The molecule has 0 spiro atoms. The molecule has 51 heavy (non-hydrogen) atoms. The predicted octanol–water partition coefficient (Wildman–Crippen LogP) is 5.92. The molecule has 0 radical (unpaired) electrons. The summed E-state index contributed by atoms with van der Waals surface area (Å²) in [7, 11) is -1.48. The Kier molecular flexibility index (Phi) is 14.6. The fourth-order valence-electron chi connectivity index (χ4n) is 5.56. The van der Waals surface area contributed by atoms with Crippen molar-refractivity contribution in [2.45, 2.75) is 78.0 Å². The lowest BCUT2D eigenvalue weighted by Crippen LogP contribution is -2.38. The molecule has 2 heterocycles. The van der Waals surface area contributed by atoms with E-state index in [-0.39, 0.29) is 61.6 Å². The molecule has 0 bridgehead atoms. The number of amidine groups is 1. The number of carbonyl (C=O) groups excluding carboxylic acids is 3. The van der Waals surface area contributed by atoms with Gasteiger partial charge in [-0.2, -0.15) is 0 Å². The van der Waals surface area contributed by atoms with Gasteiger partial charge in [-0.1, -0.05) is 55.7 Å². The number of rotatable bonds is 14. The van der Waals surface area contributed by atoms with Crippen LogP contribution >= 0.6 is 8.53 Å². The maximum atomic E-state index is 13.1. The topological polar surface area (TPSA) is 126 Å². The number of nitrogens with zero attached hydrogens (tertiary/aromatic N) is 4. The second-order valence-corrected chi connectivity index (χ2v) is 13.7. The van der Waals surface area contributed by atoms with Crippen LogP contribution in [0.15, 0.2) is 83.8 Å². The molecule has 0 saturated carbocycles. The molecule has 2 aromatic rings. The molecule has 2 N–H and O–H groups in total. The molecule has 2 aliphatic heterocycles. The smallest absolute Gasteiger partial charge is 0.259 e. The van der Waals surface area contributed by atoms with E-state index in [0.717, 1.165) is 0 Å². The van der Waals surface area contributed by atoms with Crippen LogP contribution in [0.25, 0.3) is 4.85 Å². The van der Waals surface area contributed by atoms with Crippen molar-refractivity contribution in [1.29, 1.82) is 0 Å². The number of carbonyl (C=O) groups is 3. The molecule has 13 heteroatoms. The fourth-order valence-corrected chi connectivity index (χ4v) is 7.30. The lowest BCUT2D eigenvalue weighted by Gasteiger charge is -2.37. The molecule has 1 fully saturated rings. The first-order valence-corrected chi connectivity index (χ1v) is 18.0. The fraction of sp³-hybridized carbons (Fsp3) is 0.395. The van der Waals surface area contributed by atoms with Crippen LogP contribution in [0.4, 0.5) is 0 Å². The number of hydrogen-bond acceptors (Lipinski definition) is 9. The Hall–Kier alpha value is -4.68. The van der Waals surface area contributed by atoms with Crippen LogP contribution in [-0.2, 0) is 13.8 Å². The van der Waals surface area contributed by atoms with Crippen molar-refractivity contribution in [3.8, 4) is 11.8 Å². The van der Waals surface area contributed by atoms with E-state index >= 15 is 0 Å². The van der Waals surface area contributed by atoms with Gasteiger partial charge in [0.1, 0.15) is 24.9 Å². The Morgan fingerprint density at radius 2 is 1.82 bits per heavy atom. The van der Waals surface area contributed by atoms with Crippen molar-refractivity contribution in [2.24, 2.45) is 4.99 Å². The number of aldehydes is 1. The summed E-state index contributed by atoms with van der Waals surface area (Å²) in [5.41, 5.74) is 1.71. The van der Waals surface area contributed by atoms with Crippen LogP contribution in [0.1, 0.15) is 78.5 Å². The lowest BCUT2D eigenvalue weighted by molar-refractivity contribution is -0.0343. The summed E-state index contributed by atoms with van der Waals surface area (Å²) >= 11 is 0. The summed E-state index contributed by atoms with van der Waals surface area (Å²) in [5.74, 6) is 5.87. The SMILES string of the molecule is [C-]#[N+]CCOP(OC1CC(N2C=C(C#CCNC(=O)c3ccc(C=O)cc3)C(NC(=O)c3ccccc3)=NC2=C)OC1CC)N(C(C)C)C(C)C. The average Bonchev–Trinajstić information content (AvgIpc) is 3.53. The number of ether oxygens (including phenoxy) is 1. The van der Waals surface area contributed by atoms with Crippen molar-refractivity contribution < 1.29 is 28.2 Å². The molecular formula is C38H45N6O6P. The highest BCUT2D eigenvalue weighted by atomic mass is 31.2. The van der Waals surface area contributed by atoms with Crippen LogP contribution in [0.5, 0.6) is 0 Å². The third-order valence-electron chi connectivity index (χ3n) is 7.97. The summed E-state index contributed by atoms with van der Waals surface area (Å²) < 4.78 is 21.6. The number of hydrogen-bond donors (Lipinski definition) is 2. The normalized spacial score (nSPS) is 19.2. The van der Waals surface area contributed by atoms with Gasteiger partial charge in [-0.05, 0) is 58.4 Å². The zero-order chi connectivity index (χ0) is 36.9. The van der Waals surface area contributed by atoms with Gasteiger partial charge in [0.25, 0.3) is 20.3 Å². The number of nitrogens with one attached hydrogen (secondary N) is 2. The van der Waals surface area contributed by atoms with Gasteiger partial charge in [0.2, 0.25) is 6.54 Å². The van der Waals surface area contributed by atoms with Crippen LogP contribution in [-0.4, -0.2) is 83.7 Å². The molecule has 2 aliphatic rings. The van der Waals surface area contributed by atoms with E-state index in [9.17, 15) is 14.4 Å². The van der Waals surface area contributed by atoms with Crippen molar-refractivity contribution in [3.05, 3.63) is 107 Å². The summed E-state index contributed by atoms with van der Waals surface area (Å²) in [5, 5.41) is 5.61. The monoisotopic (exact) mass is 712 g/mol. The van der Waals surface area contributed by atoms with Gasteiger partial charge >= 0.3 is 0 Å². The first kappa shape index (κ1) is 39.1. The Morgan fingerprint density at radius 1 is 1.14 bits per heavy atom. The van der Waals surface area contributed by atoms with E-state index < -0.39 is 14.8 Å². The van der Waals surface area contributed by atoms with Crippen molar-refractivity contribution >= 4 is 32.5 Å². The van der Waals surface area contributed by atoms with E-state index in [1.807, 2.05) is 13.0 Å². The van der Waals surface area contributed by atoms with Crippen LogP contribution < -0.4 is 10.6 Å². The summed E-state index contributed by atoms with van der Waals surface area (Å²) in [6, 6.07) is 15.3. The molecular weight excluding hydrogens is 667 g/mol. The molecule has 0 aromatic heterocycles. The minimum absolute atomic E-state index is 0.0134. The molecule has 2 amide bonds. The molecule has 12 nitrogen and oxygen atoms in total. The zero-order valence-corrected chi connectivity index (χ0v) is 30.6. The Labute approximate surface area is 301 Å². The van der Waals surface area contributed by atoms with Crippen LogP contribution in [0.3, 0.4) is 0 Å². The van der Waals surface area contributed by atoms with Crippen molar-refractivity contribution in [1.82, 2.24) is 20.2 Å². The average molecular weight is 713 g/mol. The highest BCUT2D eigenvalue weighted by molar-refractivity contribution is 7.44. The van der Waals surface area contributed by atoms with Gasteiger partial charge in [0, 0.05) is 41.4 Å². The first-order valence-electron chi connectivity index (χ1n) is 16.9. The molecule has 1 saturated heterocycles. The Balaban J connectivity index is 1.55. The Bertz CT molecular complexity index is 1700. The van der Waals surface area contributed by atoms with Gasteiger partial charge in [0.15, 0.2) is 5.84 Å². The summed E-state index contributed by atoms with van der Waals surface area (Å²) in [4.78, 5) is 46.6. The maximum absolute atomic E-state index is 13.1. The largest absolute Gasteiger partial charge is 0.352 e. The second kappa shape index (κ2) is 19.1. The van der Waals surface area contributed by atoms with Gasteiger partial charge < -0.3 is 34.2 Å². The molecule has 4 unspecified atom stereocenters. The first-order chi connectivity index (χ1) is 24.6. The quantitative estimate of drug-likeness (QED) is 0.0813. The van der Waals surface area contributed by atoms with E-state index in [1.54, 1.807) is 59.6 Å². The lowest BCUT2D eigenvalue weighted by atomic mass is 10.1. The highest BCUT2D eigenvalue weighted by Gasteiger charge is 2.42. The molecule has 0 aliphatic carbocycles. The standard InChI is InChI=1S/C38H45N6O6P/c1-8-33-34(50-51(48-22-21-39-7)44(26(2)3)27(4)5)23-35(49-33)43-24-32(15-12-20-40-37(46)31-18-16-29(25-45)17-19-31)36(41-28(43)6)42-38(47)30-13-10-9-11-14-30/h9-11,13-14,16-19,24-27,33-35H,6,8,20-23H2,1-5H3,(H,40,46)(H,41,42,47). The van der Waals surface area contributed by atoms with E-state index in [1.165, 1.54) is 0 Å². The van der Waals surface area contributed by atoms with E-state index in [4.69, 9.17) is 20.4 Å². The number of amides is 2. The van der Waals surface area contributed by atoms with Gasteiger partial charge in [-0.15, -0.1) is 0 Å². The van der Waals surface area contributed by atoms with Crippen molar-refractivity contribution in [2.75, 3.05) is 19.7 Å². The second-order valence-electron chi connectivity index (χ2n) is 12.3. The van der Waals surface area contributed by atoms with E-state index in [0.29, 0.717) is 47.2 Å². The van der Waals surface area contributed by atoms with E-state index in [2.05, 4.69) is 71.3 Å². The maximum Gasteiger partial charge on any atom is 0.259 e. The third-order valence-corrected chi connectivity index (χ3v) is 10.1. The van der Waals surface area contributed by atoms with Gasteiger partial charge in [0.05, 0.1) is 24.3 Å². The number of benzene rings is 2. The van der Waals surface area contributed by atoms with Crippen molar-refractivity contribution in [3.63, 3.8) is 0 Å². The minimum Gasteiger partial charge on any atom is -0.352 e. The van der Waals surface area contributed by atoms with Crippen LogP contribution in [0.2, 0.25) is 0 Å². The summed E-state index contributed by atoms with van der Waals surface area (Å²) in [6.07, 6.45) is 2.56. The number of aliphatic imine (C=N–C) groups is 1. The third kappa shape index (κ3) is 10.7. The molecule has 4 atom stereocenters. The highest BCUT2D eigenvalue weighted by Crippen LogP contribution is 2.49. The zero-order valence-electron chi connectivity index (χ0n) is 29.7. The van der Waals surface area contributed by atoms with Crippen LogP contribution in [0, 0.1) is 18.4 Å². The summed E-state index contributed by atoms with van der Waals surface area (Å²) in [6.45, 7) is 22.3. The predicted molar refractivity (Wildman–Crippen MR) is 197 cm³/mol. The van der Waals surface area contributed by atoms with Gasteiger partial charge in [-0.25, -0.2) is 16.2 Å². The molecule has 2 aromatic carbocycles. The molecule has 4 rings (SSSR count). The van der Waals surface area contributed by atoms with Gasteiger partial charge in [-0.3, -0.25) is 14.4 Å². The minimum atomic E-state index is -1.48.